The van der Waals surface area contributed by atoms with E-state index in [-0.39, 0.29) is 16.5 Å². The number of aromatic hydroxyl groups is 1. The van der Waals surface area contributed by atoms with E-state index in [9.17, 15) is 9.90 Å². The number of benzene rings is 1. The number of hydrogen-bond donors (Lipinski definition) is 2. The molecular weight excluding hydrogens is 208 g/mol. The van der Waals surface area contributed by atoms with Gasteiger partial charge in [-0.1, -0.05) is 6.07 Å². The molecule has 0 saturated heterocycles. The molecule has 16 heavy (non-hydrogen) atoms. The van der Waals surface area contributed by atoms with Crippen molar-refractivity contribution in [2.45, 2.75) is 0 Å². The number of aromatic nitrogens is 1. The van der Waals surface area contributed by atoms with Crippen LogP contribution in [0.1, 0.15) is 15.9 Å². The van der Waals surface area contributed by atoms with Gasteiger partial charge >= 0.3 is 5.97 Å². The third kappa shape index (κ3) is 1.33. The Kier molecular flexibility index (Phi) is 2.18. The Morgan fingerprint density at radius 1 is 1.44 bits per heavy atom. The standard InChI is InChI=1S/C11H6N2O3/c12-4-6-2-1-3-8-9(6)10(14)7(5-13-8)11(15)16/h1-3,5H,(H,13,14)(H,15,16). The van der Waals surface area contributed by atoms with E-state index < -0.39 is 11.7 Å². The molecule has 0 amide bonds. The van der Waals surface area contributed by atoms with Crippen LogP contribution in [0.3, 0.4) is 0 Å². The van der Waals surface area contributed by atoms with Crippen LogP contribution in [0.5, 0.6) is 5.75 Å². The molecule has 5 heteroatoms. The molecule has 78 valence electrons. The SMILES string of the molecule is N#Cc1cccc2ncc(C(=O)O)c(O)c12. The van der Waals surface area contributed by atoms with E-state index in [1.807, 2.05) is 6.07 Å². The molecule has 0 unspecified atom stereocenters. The molecule has 0 radical (unpaired) electrons. The predicted molar refractivity (Wildman–Crippen MR) is 55.1 cm³/mol. The summed E-state index contributed by atoms with van der Waals surface area (Å²) in [5.41, 5.74) is 0.280. The second-order valence-electron chi connectivity index (χ2n) is 3.14. The van der Waals surface area contributed by atoms with E-state index >= 15 is 0 Å². The zero-order chi connectivity index (χ0) is 11.7. The van der Waals surface area contributed by atoms with E-state index in [1.165, 1.54) is 6.07 Å². The van der Waals surface area contributed by atoms with Crippen molar-refractivity contribution in [2.75, 3.05) is 0 Å². The van der Waals surface area contributed by atoms with E-state index in [0.29, 0.717) is 5.52 Å². The van der Waals surface area contributed by atoms with Crippen molar-refractivity contribution in [1.29, 1.82) is 5.26 Å². The molecule has 0 atom stereocenters. The van der Waals surface area contributed by atoms with E-state index in [0.717, 1.165) is 6.20 Å². The van der Waals surface area contributed by atoms with Gasteiger partial charge in [0.2, 0.25) is 0 Å². The third-order valence-corrected chi connectivity index (χ3v) is 2.22. The van der Waals surface area contributed by atoms with Gasteiger partial charge in [0.25, 0.3) is 0 Å². The van der Waals surface area contributed by atoms with Gasteiger partial charge in [-0.3, -0.25) is 4.98 Å². The van der Waals surface area contributed by atoms with Crippen LogP contribution < -0.4 is 0 Å². The lowest BCUT2D eigenvalue weighted by molar-refractivity contribution is 0.0693. The van der Waals surface area contributed by atoms with Crippen LogP contribution in [0.15, 0.2) is 24.4 Å². The van der Waals surface area contributed by atoms with Crippen LogP contribution >= 0.6 is 0 Å². The number of rotatable bonds is 1. The van der Waals surface area contributed by atoms with Crippen molar-refractivity contribution < 1.29 is 15.0 Å². The fraction of sp³-hybridized carbons (Fsp3) is 0. The van der Waals surface area contributed by atoms with E-state index in [2.05, 4.69) is 4.98 Å². The average molecular weight is 214 g/mol. The smallest absolute Gasteiger partial charge is 0.341 e. The quantitative estimate of drug-likeness (QED) is 0.750. The first-order valence-corrected chi connectivity index (χ1v) is 4.39. The summed E-state index contributed by atoms with van der Waals surface area (Å²) in [4.78, 5) is 14.7. The average Bonchev–Trinajstić information content (AvgIpc) is 2.28. The molecule has 0 bridgehead atoms. The van der Waals surface area contributed by atoms with Crippen LogP contribution in [-0.2, 0) is 0 Å². The molecule has 2 rings (SSSR count). The van der Waals surface area contributed by atoms with Crippen molar-refractivity contribution in [3.05, 3.63) is 35.5 Å². The number of nitrogens with zero attached hydrogens (tertiary/aromatic N) is 2. The van der Waals surface area contributed by atoms with Crippen molar-refractivity contribution >= 4 is 16.9 Å². The molecule has 0 spiro atoms. The lowest BCUT2D eigenvalue weighted by Gasteiger charge is -2.04. The normalized spacial score (nSPS) is 9.94. The van der Waals surface area contributed by atoms with Crippen molar-refractivity contribution in [1.82, 2.24) is 4.98 Å². The highest BCUT2D eigenvalue weighted by molar-refractivity contribution is 6.00. The lowest BCUT2D eigenvalue weighted by Crippen LogP contribution is -1.99. The number of carboxylic acid groups (broad SMARTS) is 1. The molecule has 0 aliphatic carbocycles. The second kappa shape index (κ2) is 3.51. The van der Waals surface area contributed by atoms with Gasteiger partial charge in [-0.05, 0) is 12.1 Å². The van der Waals surface area contributed by atoms with Crippen LogP contribution in [0.4, 0.5) is 0 Å². The maximum Gasteiger partial charge on any atom is 0.341 e. The Bertz CT molecular complexity index is 629. The Hall–Kier alpha value is -2.61. The largest absolute Gasteiger partial charge is 0.506 e. The van der Waals surface area contributed by atoms with Gasteiger partial charge in [-0.2, -0.15) is 5.26 Å². The number of fused-ring (bicyclic) bond motifs is 1. The zero-order valence-corrected chi connectivity index (χ0v) is 8.01. The summed E-state index contributed by atoms with van der Waals surface area (Å²) >= 11 is 0. The molecule has 0 fully saturated rings. The highest BCUT2D eigenvalue weighted by atomic mass is 16.4. The molecule has 1 aromatic carbocycles. The summed E-state index contributed by atoms with van der Waals surface area (Å²) in [6.07, 6.45) is 1.07. The van der Waals surface area contributed by atoms with Gasteiger partial charge < -0.3 is 10.2 Å². The first-order valence-electron chi connectivity index (χ1n) is 4.39. The minimum absolute atomic E-state index is 0.171. The number of hydrogen-bond acceptors (Lipinski definition) is 4. The van der Waals surface area contributed by atoms with Gasteiger partial charge in [-0.15, -0.1) is 0 Å². The van der Waals surface area contributed by atoms with Crippen molar-refractivity contribution in [3.8, 4) is 11.8 Å². The van der Waals surface area contributed by atoms with Gasteiger partial charge in [-0.25, -0.2) is 4.79 Å². The summed E-state index contributed by atoms with van der Waals surface area (Å²) in [7, 11) is 0. The molecular formula is C11H6N2O3. The first kappa shape index (κ1) is 9.93. The predicted octanol–water partition coefficient (Wildman–Crippen LogP) is 1.51. The Morgan fingerprint density at radius 3 is 2.81 bits per heavy atom. The van der Waals surface area contributed by atoms with Crippen molar-refractivity contribution in [3.63, 3.8) is 0 Å². The molecule has 2 aromatic rings. The molecule has 5 nitrogen and oxygen atoms in total. The van der Waals surface area contributed by atoms with E-state index in [4.69, 9.17) is 10.4 Å². The topological polar surface area (TPSA) is 94.2 Å². The molecule has 2 N–H and O–H groups in total. The minimum atomic E-state index is -1.28. The van der Waals surface area contributed by atoms with Crippen LogP contribution in [-0.4, -0.2) is 21.2 Å². The van der Waals surface area contributed by atoms with Crippen LogP contribution in [0.25, 0.3) is 10.9 Å². The summed E-state index contributed by atoms with van der Waals surface area (Å²) < 4.78 is 0. The van der Waals surface area contributed by atoms with Crippen molar-refractivity contribution in [2.24, 2.45) is 0 Å². The number of pyridine rings is 1. The maximum absolute atomic E-state index is 10.8. The highest BCUT2D eigenvalue weighted by Crippen LogP contribution is 2.29. The molecule has 0 saturated carbocycles. The monoisotopic (exact) mass is 214 g/mol. The van der Waals surface area contributed by atoms with Gasteiger partial charge in [0.15, 0.2) is 0 Å². The fourth-order valence-electron chi connectivity index (χ4n) is 1.48. The first-order chi connectivity index (χ1) is 7.65. The summed E-state index contributed by atoms with van der Waals surface area (Å²) in [5, 5.41) is 27.6. The molecule has 1 heterocycles. The Labute approximate surface area is 90.2 Å². The fourth-order valence-corrected chi connectivity index (χ4v) is 1.48. The third-order valence-electron chi connectivity index (χ3n) is 2.22. The number of nitriles is 1. The lowest BCUT2D eigenvalue weighted by atomic mass is 10.1. The zero-order valence-electron chi connectivity index (χ0n) is 8.01. The summed E-state index contributed by atoms with van der Waals surface area (Å²) in [6.45, 7) is 0. The second-order valence-corrected chi connectivity index (χ2v) is 3.14. The molecule has 1 aromatic heterocycles. The van der Waals surface area contributed by atoms with Crippen LogP contribution in [0.2, 0.25) is 0 Å². The summed E-state index contributed by atoms with van der Waals surface area (Å²) in [5.74, 6) is -1.70. The van der Waals surface area contributed by atoms with E-state index in [1.54, 1.807) is 12.1 Å². The van der Waals surface area contributed by atoms with Gasteiger partial charge in [0, 0.05) is 6.20 Å². The highest BCUT2D eigenvalue weighted by Gasteiger charge is 2.15. The van der Waals surface area contributed by atoms with Gasteiger partial charge in [0.05, 0.1) is 22.5 Å². The maximum atomic E-state index is 10.8. The number of carbonyl (C=O) groups is 1. The Morgan fingerprint density at radius 2 is 2.19 bits per heavy atom. The molecule has 0 aliphatic heterocycles. The molecule has 0 aliphatic rings. The Balaban J connectivity index is 2.93. The number of carboxylic acids is 1. The summed E-state index contributed by atoms with van der Waals surface area (Å²) in [6, 6.07) is 6.60. The van der Waals surface area contributed by atoms with Gasteiger partial charge in [0.1, 0.15) is 11.3 Å². The number of aromatic carboxylic acids is 1. The minimum Gasteiger partial charge on any atom is -0.506 e. The van der Waals surface area contributed by atoms with Crippen LogP contribution in [0, 0.1) is 11.3 Å².